The molecule has 1 aromatic rings. The number of likely N-dealkylation sites (tertiary alicyclic amines) is 1. The molecule has 1 heterocycles. The van der Waals surface area contributed by atoms with Crippen molar-refractivity contribution in [2.75, 3.05) is 26.2 Å². The molecule has 0 aromatic heterocycles. The van der Waals surface area contributed by atoms with Gasteiger partial charge < -0.3 is 4.74 Å². The lowest BCUT2D eigenvalue weighted by atomic mass is 10.0. The number of sulfonamides is 1. The average molecular weight is 355 g/mol. The molecule has 1 aliphatic rings. The topological polar surface area (TPSA) is 58.6 Å². The fourth-order valence-corrected chi connectivity index (χ4v) is 4.26. The molecule has 0 aliphatic carbocycles. The van der Waals surface area contributed by atoms with E-state index in [0.29, 0.717) is 24.8 Å². The van der Waals surface area contributed by atoms with Crippen LogP contribution in [0.1, 0.15) is 40.0 Å². The van der Waals surface area contributed by atoms with Gasteiger partial charge in [-0.3, -0.25) is 4.90 Å². The van der Waals surface area contributed by atoms with Crippen LogP contribution in [0.15, 0.2) is 29.2 Å². The normalized spacial score (nSPS) is 17.3. The van der Waals surface area contributed by atoms with Crippen LogP contribution >= 0.6 is 0 Å². The summed E-state index contributed by atoms with van der Waals surface area (Å²) in [5, 5.41) is 0. The van der Waals surface area contributed by atoms with Crippen molar-refractivity contribution >= 4 is 10.0 Å². The Balaban J connectivity index is 2.00. The number of hydrogen-bond donors (Lipinski definition) is 1. The van der Waals surface area contributed by atoms with Crippen molar-refractivity contribution in [1.82, 2.24) is 9.62 Å². The van der Waals surface area contributed by atoms with Crippen LogP contribution in [-0.2, 0) is 10.0 Å². The maximum Gasteiger partial charge on any atom is 0.240 e. The molecule has 1 unspecified atom stereocenters. The number of nitrogens with zero attached hydrogens (tertiary/aromatic N) is 1. The van der Waals surface area contributed by atoms with Crippen molar-refractivity contribution in [1.29, 1.82) is 0 Å². The SMILES string of the molecule is CCOc1ccc(S(=O)(=O)NCC(CC(C)C)N2CCCC2)cc1. The lowest BCUT2D eigenvalue weighted by molar-refractivity contribution is 0.214. The smallest absolute Gasteiger partial charge is 0.240 e. The van der Waals surface area contributed by atoms with E-state index in [1.165, 1.54) is 12.8 Å². The highest BCUT2D eigenvalue weighted by Gasteiger charge is 2.25. The van der Waals surface area contributed by atoms with Crippen LogP contribution in [0.5, 0.6) is 5.75 Å². The second-order valence-corrected chi connectivity index (χ2v) is 8.55. The van der Waals surface area contributed by atoms with Gasteiger partial charge in [-0.15, -0.1) is 0 Å². The van der Waals surface area contributed by atoms with Gasteiger partial charge >= 0.3 is 0 Å². The minimum atomic E-state index is -3.48. The van der Waals surface area contributed by atoms with Gasteiger partial charge in [0.1, 0.15) is 5.75 Å². The third kappa shape index (κ3) is 5.46. The molecule has 1 aromatic carbocycles. The Morgan fingerprint density at radius 1 is 1.17 bits per heavy atom. The number of ether oxygens (including phenoxy) is 1. The molecule has 2 rings (SSSR count). The van der Waals surface area contributed by atoms with E-state index < -0.39 is 10.0 Å². The number of nitrogens with one attached hydrogen (secondary N) is 1. The summed E-state index contributed by atoms with van der Waals surface area (Å²) in [6, 6.07) is 6.86. The van der Waals surface area contributed by atoms with Crippen molar-refractivity contribution in [2.24, 2.45) is 5.92 Å². The Morgan fingerprint density at radius 2 is 1.79 bits per heavy atom. The van der Waals surface area contributed by atoms with E-state index in [1.54, 1.807) is 24.3 Å². The van der Waals surface area contributed by atoms with Crippen LogP contribution in [0.25, 0.3) is 0 Å². The van der Waals surface area contributed by atoms with Crippen LogP contribution in [0.2, 0.25) is 0 Å². The molecule has 1 aliphatic heterocycles. The monoisotopic (exact) mass is 354 g/mol. The number of rotatable bonds is 9. The van der Waals surface area contributed by atoms with E-state index in [1.807, 2.05) is 6.92 Å². The van der Waals surface area contributed by atoms with Crippen molar-refractivity contribution in [3.63, 3.8) is 0 Å². The van der Waals surface area contributed by atoms with Crippen LogP contribution in [-0.4, -0.2) is 45.6 Å². The molecule has 1 saturated heterocycles. The van der Waals surface area contributed by atoms with E-state index in [-0.39, 0.29) is 10.9 Å². The first-order valence-corrected chi connectivity index (χ1v) is 10.4. The first-order valence-electron chi connectivity index (χ1n) is 8.89. The maximum atomic E-state index is 12.5. The lowest BCUT2D eigenvalue weighted by Crippen LogP contribution is -2.43. The Kier molecular flexibility index (Phi) is 7.07. The molecule has 0 radical (unpaired) electrons. The number of benzene rings is 1. The van der Waals surface area contributed by atoms with Gasteiger partial charge in [-0.25, -0.2) is 13.1 Å². The van der Waals surface area contributed by atoms with Gasteiger partial charge in [-0.1, -0.05) is 13.8 Å². The average Bonchev–Trinajstić information content (AvgIpc) is 3.06. The van der Waals surface area contributed by atoms with Crippen molar-refractivity contribution < 1.29 is 13.2 Å². The Morgan fingerprint density at radius 3 is 2.33 bits per heavy atom. The van der Waals surface area contributed by atoms with Gasteiger partial charge in [-0.05, 0) is 69.5 Å². The summed E-state index contributed by atoms with van der Waals surface area (Å²) in [5.41, 5.74) is 0. The Hall–Kier alpha value is -1.11. The molecule has 0 spiro atoms. The predicted octanol–water partition coefficient (Wildman–Crippen LogP) is 2.87. The summed E-state index contributed by atoms with van der Waals surface area (Å²) in [5.74, 6) is 1.23. The molecular weight excluding hydrogens is 324 g/mol. The maximum absolute atomic E-state index is 12.5. The summed E-state index contributed by atoms with van der Waals surface area (Å²) in [4.78, 5) is 2.71. The zero-order valence-electron chi connectivity index (χ0n) is 15.0. The molecule has 1 fully saturated rings. The standard InChI is InChI=1S/C18H30N2O3S/c1-4-23-17-7-9-18(10-8-17)24(21,22)19-14-16(13-15(2)3)20-11-5-6-12-20/h7-10,15-16,19H,4-6,11-14H2,1-3H3. The second-order valence-electron chi connectivity index (χ2n) is 6.78. The van der Waals surface area contributed by atoms with Gasteiger partial charge in [0.25, 0.3) is 0 Å². The predicted molar refractivity (Wildman–Crippen MR) is 96.8 cm³/mol. The summed E-state index contributed by atoms with van der Waals surface area (Å²) >= 11 is 0. The van der Waals surface area contributed by atoms with Crippen molar-refractivity contribution in [3.05, 3.63) is 24.3 Å². The summed E-state index contributed by atoms with van der Waals surface area (Å²) in [6.07, 6.45) is 3.42. The molecule has 1 N–H and O–H groups in total. The number of hydrogen-bond acceptors (Lipinski definition) is 4. The highest BCUT2D eigenvalue weighted by atomic mass is 32.2. The zero-order valence-corrected chi connectivity index (χ0v) is 15.8. The largest absolute Gasteiger partial charge is 0.494 e. The molecule has 0 saturated carbocycles. The fourth-order valence-electron chi connectivity index (χ4n) is 3.18. The quantitative estimate of drug-likeness (QED) is 0.741. The third-order valence-corrected chi connectivity index (χ3v) is 5.79. The molecule has 0 amide bonds. The van der Waals surface area contributed by atoms with Crippen molar-refractivity contribution in [2.45, 2.75) is 51.0 Å². The summed E-state index contributed by atoms with van der Waals surface area (Å²) in [7, 11) is -3.48. The summed E-state index contributed by atoms with van der Waals surface area (Å²) in [6.45, 7) is 9.45. The van der Waals surface area contributed by atoms with Gasteiger partial charge in [0.05, 0.1) is 11.5 Å². The van der Waals surface area contributed by atoms with E-state index >= 15 is 0 Å². The van der Waals surface area contributed by atoms with Crippen LogP contribution in [0.3, 0.4) is 0 Å². The lowest BCUT2D eigenvalue weighted by Gasteiger charge is -2.29. The van der Waals surface area contributed by atoms with Gasteiger partial charge in [0, 0.05) is 12.6 Å². The molecule has 0 bridgehead atoms. The molecule has 1 atom stereocenters. The molecule has 136 valence electrons. The highest BCUT2D eigenvalue weighted by Crippen LogP contribution is 2.19. The second kappa shape index (κ2) is 8.83. The highest BCUT2D eigenvalue weighted by molar-refractivity contribution is 7.89. The third-order valence-electron chi connectivity index (χ3n) is 4.35. The van der Waals surface area contributed by atoms with Crippen LogP contribution in [0.4, 0.5) is 0 Å². The zero-order chi connectivity index (χ0) is 17.6. The summed E-state index contributed by atoms with van der Waals surface area (Å²) < 4.78 is 33.2. The van der Waals surface area contributed by atoms with E-state index in [2.05, 4.69) is 23.5 Å². The van der Waals surface area contributed by atoms with Crippen LogP contribution < -0.4 is 9.46 Å². The van der Waals surface area contributed by atoms with Crippen molar-refractivity contribution in [3.8, 4) is 5.75 Å². The molecule has 24 heavy (non-hydrogen) atoms. The van der Waals surface area contributed by atoms with E-state index in [9.17, 15) is 8.42 Å². The van der Waals surface area contributed by atoms with Gasteiger partial charge in [-0.2, -0.15) is 0 Å². The Labute approximate surface area is 146 Å². The minimum absolute atomic E-state index is 0.268. The van der Waals surface area contributed by atoms with Gasteiger partial charge in [0.2, 0.25) is 10.0 Å². The first kappa shape index (κ1) is 19.2. The molecule has 6 heteroatoms. The fraction of sp³-hybridized carbons (Fsp3) is 0.667. The molecular formula is C18H30N2O3S. The van der Waals surface area contributed by atoms with E-state index in [4.69, 9.17) is 4.74 Å². The van der Waals surface area contributed by atoms with E-state index in [0.717, 1.165) is 19.5 Å². The first-order chi connectivity index (χ1) is 11.4. The van der Waals surface area contributed by atoms with Crippen LogP contribution in [0, 0.1) is 5.92 Å². The minimum Gasteiger partial charge on any atom is -0.494 e. The van der Waals surface area contributed by atoms with Gasteiger partial charge in [0.15, 0.2) is 0 Å². The Bertz CT molecular complexity index is 593. The molecule has 5 nitrogen and oxygen atoms in total.